The normalized spacial score (nSPS) is 22.0. The van der Waals surface area contributed by atoms with E-state index in [1.807, 2.05) is 0 Å². The third-order valence-corrected chi connectivity index (χ3v) is 7.06. The van der Waals surface area contributed by atoms with Crippen LogP contribution in [0.15, 0.2) is 48.5 Å². The standard InChI is InChI=1S/C29H26F4O2/c1-34-21-11-8-19(9-12-21)23-15-14-22(27(31)28(23)32)18-5-2-17(3-6-18)4-7-20-10-13-24(25-16-35-25)29(33)26(20)30/h2-7,10,13-15,19,21,25H,8-9,11-12,16H2,1H3/b7-4+. The van der Waals surface area contributed by atoms with Crippen molar-refractivity contribution in [1.29, 1.82) is 0 Å². The fourth-order valence-corrected chi connectivity index (χ4v) is 4.86. The Morgan fingerprint density at radius 3 is 2.06 bits per heavy atom. The van der Waals surface area contributed by atoms with Gasteiger partial charge < -0.3 is 9.47 Å². The highest BCUT2D eigenvalue weighted by Crippen LogP contribution is 2.38. The minimum absolute atomic E-state index is 0.00596. The molecular formula is C29H26F4O2. The van der Waals surface area contributed by atoms with Crippen molar-refractivity contribution in [2.24, 2.45) is 0 Å². The van der Waals surface area contributed by atoms with E-state index in [4.69, 9.17) is 9.47 Å². The molecule has 0 aromatic heterocycles. The lowest BCUT2D eigenvalue weighted by Crippen LogP contribution is -2.20. The van der Waals surface area contributed by atoms with E-state index >= 15 is 0 Å². The van der Waals surface area contributed by atoms with E-state index in [0.29, 0.717) is 17.7 Å². The van der Waals surface area contributed by atoms with Gasteiger partial charge in [-0.15, -0.1) is 0 Å². The summed E-state index contributed by atoms with van der Waals surface area (Å²) in [5.74, 6) is -3.45. The van der Waals surface area contributed by atoms with Crippen LogP contribution >= 0.6 is 0 Å². The van der Waals surface area contributed by atoms with Gasteiger partial charge in [0, 0.05) is 23.8 Å². The summed E-state index contributed by atoms with van der Waals surface area (Å²) in [5.41, 5.74) is 2.23. The van der Waals surface area contributed by atoms with Gasteiger partial charge in [0.1, 0.15) is 6.10 Å². The maximum absolute atomic E-state index is 15.0. The second-order valence-corrected chi connectivity index (χ2v) is 9.19. The van der Waals surface area contributed by atoms with Gasteiger partial charge >= 0.3 is 0 Å². The number of hydrogen-bond donors (Lipinski definition) is 0. The van der Waals surface area contributed by atoms with Crippen molar-refractivity contribution in [2.75, 3.05) is 13.7 Å². The topological polar surface area (TPSA) is 21.8 Å². The molecule has 0 amide bonds. The molecule has 1 heterocycles. The average molecular weight is 483 g/mol. The summed E-state index contributed by atoms with van der Waals surface area (Å²) in [6, 6.07) is 13.2. The van der Waals surface area contributed by atoms with Crippen molar-refractivity contribution in [1.82, 2.24) is 0 Å². The Hall–Kier alpha value is -2.96. The van der Waals surface area contributed by atoms with Crippen LogP contribution in [-0.4, -0.2) is 19.8 Å². The Morgan fingerprint density at radius 1 is 0.743 bits per heavy atom. The van der Waals surface area contributed by atoms with Crippen LogP contribution in [0.1, 0.15) is 60.0 Å². The highest BCUT2D eigenvalue weighted by Gasteiger charge is 2.30. The van der Waals surface area contributed by atoms with Gasteiger partial charge in [0.15, 0.2) is 23.3 Å². The molecule has 1 aliphatic carbocycles. The molecule has 3 aromatic rings. The number of rotatable bonds is 6. The second-order valence-electron chi connectivity index (χ2n) is 9.19. The van der Waals surface area contributed by atoms with E-state index in [-0.39, 0.29) is 34.8 Å². The molecule has 0 N–H and O–H groups in total. The summed E-state index contributed by atoms with van der Waals surface area (Å²) < 4.78 is 68.9. The number of benzene rings is 3. The van der Waals surface area contributed by atoms with Gasteiger partial charge in [-0.1, -0.05) is 60.7 Å². The first-order valence-corrected chi connectivity index (χ1v) is 11.8. The summed E-state index contributed by atoms with van der Waals surface area (Å²) in [4.78, 5) is 0. The monoisotopic (exact) mass is 482 g/mol. The largest absolute Gasteiger partial charge is 0.381 e. The minimum atomic E-state index is -0.917. The van der Waals surface area contributed by atoms with Gasteiger partial charge in [0.25, 0.3) is 0 Å². The lowest BCUT2D eigenvalue weighted by molar-refractivity contribution is 0.0655. The molecule has 35 heavy (non-hydrogen) atoms. The van der Waals surface area contributed by atoms with E-state index < -0.39 is 23.3 Å². The van der Waals surface area contributed by atoms with Gasteiger partial charge in [0.05, 0.1) is 12.7 Å². The molecule has 1 aliphatic heterocycles. The van der Waals surface area contributed by atoms with Crippen molar-refractivity contribution >= 4 is 12.2 Å². The first-order valence-electron chi connectivity index (χ1n) is 11.8. The zero-order valence-electron chi connectivity index (χ0n) is 19.4. The SMILES string of the molecule is COC1CCC(c2ccc(-c3ccc(/C=C/c4ccc(C5CO5)c(F)c4F)cc3)c(F)c2F)CC1. The summed E-state index contributed by atoms with van der Waals surface area (Å²) in [7, 11) is 1.68. The Labute approximate surface area is 202 Å². The molecule has 0 radical (unpaired) electrons. The van der Waals surface area contributed by atoms with E-state index in [0.717, 1.165) is 31.2 Å². The van der Waals surface area contributed by atoms with Crippen molar-refractivity contribution in [3.05, 3.63) is 94.1 Å². The molecule has 1 saturated heterocycles. The molecule has 1 unspecified atom stereocenters. The second kappa shape index (κ2) is 9.96. The van der Waals surface area contributed by atoms with Crippen molar-refractivity contribution in [2.45, 2.75) is 43.8 Å². The van der Waals surface area contributed by atoms with Crippen molar-refractivity contribution in [3.8, 4) is 11.1 Å². The molecule has 2 fully saturated rings. The molecule has 0 bridgehead atoms. The third kappa shape index (κ3) is 4.91. The first kappa shape index (κ1) is 23.8. The van der Waals surface area contributed by atoms with Crippen LogP contribution in [0.4, 0.5) is 17.6 Å². The maximum atomic E-state index is 15.0. The van der Waals surface area contributed by atoms with Crippen LogP contribution in [0.2, 0.25) is 0 Å². The molecule has 0 spiro atoms. The Morgan fingerprint density at radius 2 is 1.40 bits per heavy atom. The number of hydrogen-bond acceptors (Lipinski definition) is 2. The van der Waals surface area contributed by atoms with Crippen LogP contribution in [0.3, 0.4) is 0 Å². The van der Waals surface area contributed by atoms with Crippen molar-refractivity contribution in [3.63, 3.8) is 0 Å². The van der Waals surface area contributed by atoms with Crippen LogP contribution in [-0.2, 0) is 9.47 Å². The van der Waals surface area contributed by atoms with E-state index in [9.17, 15) is 17.6 Å². The molecule has 3 aromatic carbocycles. The molecule has 1 atom stereocenters. The maximum Gasteiger partial charge on any atom is 0.166 e. The molecule has 5 rings (SSSR count). The van der Waals surface area contributed by atoms with Crippen molar-refractivity contribution < 1.29 is 27.0 Å². The fraction of sp³-hybridized carbons (Fsp3) is 0.310. The van der Waals surface area contributed by atoms with E-state index in [1.54, 1.807) is 49.6 Å². The average Bonchev–Trinajstić information content (AvgIpc) is 3.72. The first-order chi connectivity index (χ1) is 17.0. The quantitative estimate of drug-likeness (QED) is 0.203. The summed E-state index contributed by atoms with van der Waals surface area (Å²) in [6.07, 6.45) is 6.19. The van der Waals surface area contributed by atoms with Crippen LogP contribution in [0, 0.1) is 23.3 Å². The lowest BCUT2D eigenvalue weighted by Gasteiger charge is -2.28. The molecule has 2 nitrogen and oxygen atoms in total. The predicted octanol–water partition coefficient (Wildman–Crippen LogP) is 7.82. The third-order valence-electron chi connectivity index (χ3n) is 7.06. The van der Waals surface area contributed by atoms with Crippen LogP contribution < -0.4 is 0 Å². The molecule has 6 heteroatoms. The summed E-state index contributed by atoms with van der Waals surface area (Å²) in [6.45, 7) is 0.403. The summed E-state index contributed by atoms with van der Waals surface area (Å²) >= 11 is 0. The molecular weight excluding hydrogens is 456 g/mol. The zero-order valence-corrected chi connectivity index (χ0v) is 19.4. The lowest BCUT2D eigenvalue weighted by atomic mass is 9.82. The fourth-order valence-electron chi connectivity index (χ4n) is 4.86. The van der Waals surface area contributed by atoms with Gasteiger partial charge in [-0.05, 0) is 48.3 Å². The number of ether oxygens (including phenoxy) is 2. The molecule has 2 aliphatic rings. The van der Waals surface area contributed by atoms with Crippen LogP contribution in [0.5, 0.6) is 0 Å². The number of halogens is 4. The van der Waals surface area contributed by atoms with Gasteiger partial charge in [0.2, 0.25) is 0 Å². The molecule has 182 valence electrons. The van der Waals surface area contributed by atoms with Gasteiger partial charge in [-0.3, -0.25) is 0 Å². The van der Waals surface area contributed by atoms with Crippen LogP contribution in [0.25, 0.3) is 23.3 Å². The van der Waals surface area contributed by atoms with Gasteiger partial charge in [-0.25, -0.2) is 17.6 Å². The minimum Gasteiger partial charge on any atom is -0.381 e. The Bertz CT molecular complexity index is 1240. The zero-order chi connectivity index (χ0) is 24.5. The highest BCUT2D eigenvalue weighted by molar-refractivity contribution is 5.73. The van der Waals surface area contributed by atoms with E-state index in [1.165, 1.54) is 18.2 Å². The Balaban J connectivity index is 1.32. The Kier molecular flexibility index (Phi) is 6.76. The predicted molar refractivity (Wildman–Crippen MR) is 128 cm³/mol. The highest BCUT2D eigenvalue weighted by atomic mass is 19.2. The van der Waals surface area contributed by atoms with Gasteiger partial charge in [-0.2, -0.15) is 0 Å². The van der Waals surface area contributed by atoms with E-state index in [2.05, 4.69) is 0 Å². The number of epoxide rings is 1. The summed E-state index contributed by atoms with van der Waals surface area (Å²) in [5, 5.41) is 0. The smallest absolute Gasteiger partial charge is 0.166 e. The number of methoxy groups -OCH3 is 1. The molecule has 1 saturated carbocycles.